The topological polar surface area (TPSA) is 117 Å². The Hall–Kier alpha value is -3.46. The van der Waals surface area contributed by atoms with Crippen LogP contribution >= 0.6 is 11.8 Å². The van der Waals surface area contributed by atoms with Crippen LogP contribution in [0, 0.1) is 13.8 Å². The molecule has 3 N–H and O–H groups in total. The smallest absolute Gasteiger partial charge is 0.278 e. The Bertz CT molecular complexity index is 1190. The quantitative estimate of drug-likeness (QED) is 0.508. The number of para-hydroxylation sites is 2. The van der Waals surface area contributed by atoms with Crippen molar-refractivity contribution in [1.29, 1.82) is 0 Å². The number of amides is 2. The first-order valence-corrected chi connectivity index (χ1v) is 10.5. The third kappa shape index (κ3) is 5.37. The molecule has 9 heteroatoms. The predicted octanol–water partition coefficient (Wildman–Crippen LogP) is 3.53. The minimum absolute atomic E-state index is 0.0915. The molecule has 1 heterocycles. The van der Waals surface area contributed by atoms with Gasteiger partial charge in [0.05, 0.1) is 10.9 Å². The lowest BCUT2D eigenvalue weighted by atomic mass is 10.1. The molecule has 0 saturated heterocycles. The van der Waals surface area contributed by atoms with E-state index in [-0.39, 0.29) is 22.7 Å². The molecule has 2 aromatic carbocycles. The molecule has 3 aromatic rings. The average Bonchev–Trinajstić information content (AvgIpc) is 2.71. The summed E-state index contributed by atoms with van der Waals surface area (Å²) in [6.45, 7) is 6.86. The summed E-state index contributed by atoms with van der Waals surface area (Å²) in [6.07, 6.45) is 0. The zero-order valence-electron chi connectivity index (χ0n) is 17.6. The van der Waals surface area contributed by atoms with Crippen LogP contribution in [-0.4, -0.2) is 32.2 Å². The number of thioether (sulfide) groups is 1. The standard InChI is InChI=1S/C22H23N5O3S/c1-12-8-5-6-11-17(12)24-20(29)14(3)31-22-25-21(30)19(26-27-22)16-10-7-9-13(2)18(16)23-15(4)28/h5-11,14H,1-4H3,(H,23,28)(H,24,29)(H,25,27,30)/t14-/m0/s1. The summed E-state index contributed by atoms with van der Waals surface area (Å²) in [5, 5.41) is 13.5. The van der Waals surface area contributed by atoms with Gasteiger partial charge in [-0.25, -0.2) is 0 Å². The maximum absolute atomic E-state index is 12.7. The second-order valence-corrected chi connectivity index (χ2v) is 8.38. The number of aryl methyl sites for hydroxylation is 2. The van der Waals surface area contributed by atoms with Gasteiger partial charge >= 0.3 is 0 Å². The van der Waals surface area contributed by atoms with E-state index in [2.05, 4.69) is 25.8 Å². The second kappa shape index (κ2) is 9.57. The summed E-state index contributed by atoms with van der Waals surface area (Å²) < 4.78 is 0. The van der Waals surface area contributed by atoms with E-state index in [0.717, 1.165) is 28.6 Å². The van der Waals surface area contributed by atoms with Crippen LogP contribution in [0.25, 0.3) is 11.3 Å². The van der Waals surface area contributed by atoms with Crippen molar-refractivity contribution in [3.63, 3.8) is 0 Å². The largest absolute Gasteiger partial charge is 0.325 e. The molecule has 0 bridgehead atoms. The average molecular weight is 438 g/mol. The molecule has 3 rings (SSSR count). The first-order valence-electron chi connectivity index (χ1n) is 9.64. The van der Waals surface area contributed by atoms with E-state index in [0.29, 0.717) is 11.3 Å². The van der Waals surface area contributed by atoms with E-state index in [1.165, 1.54) is 6.92 Å². The predicted molar refractivity (Wildman–Crippen MR) is 122 cm³/mol. The van der Waals surface area contributed by atoms with Crippen molar-refractivity contribution in [2.75, 3.05) is 10.6 Å². The number of hydrogen-bond donors (Lipinski definition) is 3. The maximum atomic E-state index is 12.7. The van der Waals surface area contributed by atoms with Gasteiger partial charge in [0.15, 0.2) is 10.9 Å². The summed E-state index contributed by atoms with van der Waals surface area (Å²) in [5.74, 6) is -0.460. The summed E-state index contributed by atoms with van der Waals surface area (Å²) in [5.41, 5.74) is 3.12. The van der Waals surface area contributed by atoms with Crippen LogP contribution in [0.5, 0.6) is 0 Å². The van der Waals surface area contributed by atoms with Crippen LogP contribution in [0.3, 0.4) is 0 Å². The maximum Gasteiger partial charge on any atom is 0.278 e. The fourth-order valence-electron chi connectivity index (χ4n) is 2.93. The molecule has 0 spiro atoms. The van der Waals surface area contributed by atoms with Crippen LogP contribution in [0.2, 0.25) is 0 Å². The third-order valence-corrected chi connectivity index (χ3v) is 5.54. The van der Waals surface area contributed by atoms with Gasteiger partial charge in [0.2, 0.25) is 11.8 Å². The number of hydrogen-bond acceptors (Lipinski definition) is 6. The summed E-state index contributed by atoms with van der Waals surface area (Å²) in [6, 6.07) is 12.8. The van der Waals surface area contributed by atoms with Crippen molar-refractivity contribution in [2.45, 2.75) is 38.1 Å². The molecule has 0 fully saturated rings. The van der Waals surface area contributed by atoms with Crippen molar-refractivity contribution < 1.29 is 9.59 Å². The molecule has 2 amide bonds. The highest BCUT2D eigenvalue weighted by atomic mass is 32.2. The number of anilines is 2. The number of rotatable bonds is 6. The molecule has 0 radical (unpaired) electrons. The number of carbonyl (C=O) groups is 2. The molecule has 0 aliphatic rings. The van der Waals surface area contributed by atoms with Gasteiger partial charge in [0.1, 0.15) is 0 Å². The molecule has 0 unspecified atom stereocenters. The van der Waals surface area contributed by atoms with E-state index in [1.807, 2.05) is 44.2 Å². The van der Waals surface area contributed by atoms with Crippen molar-refractivity contribution in [3.8, 4) is 11.3 Å². The summed E-state index contributed by atoms with van der Waals surface area (Å²) in [4.78, 5) is 39.4. The molecule has 1 atom stereocenters. The fraction of sp³-hybridized carbons (Fsp3) is 0.227. The van der Waals surface area contributed by atoms with Gasteiger partial charge in [-0.2, -0.15) is 0 Å². The number of nitrogens with one attached hydrogen (secondary N) is 3. The Morgan fingerprint density at radius 2 is 1.71 bits per heavy atom. The van der Waals surface area contributed by atoms with Gasteiger partial charge in [-0.3, -0.25) is 19.4 Å². The minimum Gasteiger partial charge on any atom is -0.325 e. The van der Waals surface area contributed by atoms with Crippen LogP contribution in [0.15, 0.2) is 52.4 Å². The molecular formula is C22H23N5O3S. The second-order valence-electron chi connectivity index (χ2n) is 7.05. The number of carbonyl (C=O) groups excluding carboxylic acids is 2. The van der Waals surface area contributed by atoms with Crippen LogP contribution < -0.4 is 16.2 Å². The highest BCUT2D eigenvalue weighted by Crippen LogP contribution is 2.28. The van der Waals surface area contributed by atoms with Gasteiger partial charge in [0, 0.05) is 18.2 Å². The molecule has 31 heavy (non-hydrogen) atoms. The zero-order chi connectivity index (χ0) is 22.5. The molecular weight excluding hydrogens is 414 g/mol. The lowest BCUT2D eigenvalue weighted by Crippen LogP contribution is -2.24. The third-order valence-electron chi connectivity index (χ3n) is 4.57. The van der Waals surface area contributed by atoms with E-state index >= 15 is 0 Å². The SMILES string of the molecule is CC(=O)Nc1c(C)cccc1-c1nnc(S[C@@H](C)C(=O)Nc2ccccc2C)[nH]c1=O. The van der Waals surface area contributed by atoms with Crippen LogP contribution in [0.4, 0.5) is 11.4 Å². The van der Waals surface area contributed by atoms with Gasteiger partial charge < -0.3 is 10.6 Å². The number of aromatic nitrogens is 3. The number of benzene rings is 2. The van der Waals surface area contributed by atoms with Crippen molar-refractivity contribution in [3.05, 3.63) is 63.9 Å². The number of H-pyrrole nitrogens is 1. The van der Waals surface area contributed by atoms with Crippen molar-refractivity contribution in [2.24, 2.45) is 0 Å². The molecule has 0 saturated carbocycles. The Balaban J connectivity index is 1.80. The highest BCUT2D eigenvalue weighted by molar-refractivity contribution is 8.00. The highest BCUT2D eigenvalue weighted by Gasteiger charge is 2.19. The van der Waals surface area contributed by atoms with Gasteiger partial charge in [0.25, 0.3) is 5.56 Å². The van der Waals surface area contributed by atoms with E-state index < -0.39 is 10.8 Å². The first-order chi connectivity index (χ1) is 14.8. The van der Waals surface area contributed by atoms with E-state index in [4.69, 9.17) is 0 Å². The van der Waals surface area contributed by atoms with Gasteiger partial charge in [-0.15, -0.1) is 10.2 Å². The lowest BCUT2D eigenvalue weighted by molar-refractivity contribution is -0.115. The number of nitrogens with zero attached hydrogens (tertiary/aromatic N) is 2. The molecule has 8 nitrogen and oxygen atoms in total. The fourth-order valence-corrected chi connectivity index (χ4v) is 3.67. The molecule has 160 valence electrons. The van der Waals surface area contributed by atoms with Crippen LogP contribution in [0.1, 0.15) is 25.0 Å². The summed E-state index contributed by atoms with van der Waals surface area (Å²) >= 11 is 1.10. The molecule has 0 aliphatic carbocycles. The van der Waals surface area contributed by atoms with Gasteiger partial charge in [-0.1, -0.05) is 48.2 Å². The monoisotopic (exact) mass is 437 g/mol. The van der Waals surface area contributed by atoms with Gasteiger partial charge in [-0.05, 0) is 38.0 Å². The summed E-state index contributed by atoms with van der Waals surface area (Å²) in [7, 11) is 0. The Kier molecular flexibility index (Phi) is 6.86. The van der Waals surface area contributed by atoms with E-state index in [1.54, 1.807) is 19.1 Å². The van der Waals surface area contributed by atoms with E-state index in [9.17, 15) is 14.4 Å². The van der Waals surface area contributed by atoms with Crippen molar-refractivity contribution in [1.82, 2.24) is 15.2 Å². The first kappa shape index (κ1) is 22.2. The molecule has 0 aliphatic heterocycles. The molecule has 1 aromatic heterocycles. The zero-order valence-corrected chi connectivity index (χ0v) is 18.5. The normalized spacial score (nSPS) is 11.6. The van der Waals surface area contributed by atoms with Crippen LogP contribution in [-0.2, 0) is 9.59 Å². The lowest BCUT2D eigenvalue weighted by Gasteiger charge is -2.13. The number of aromatic amines is 1. The Labute approximate surface area is 183 Å². The van der Waals surface area contributed by atoms with Crippen molar-refractivity contribution >= 4 is 35.0 Å². The Morgan fingerprint density at radius 1 is 1.00 bits per heavy atom. The Morgan fingerprint density at radius 3 is 2.39 bits per heavy atom. The minimum atomic E-state index is -0.510.